The number of hydrogen-bond donors (Lipinski definition) is 2. The van der Waals surface area contributed by atoms with Crippen LogP contribution in [0.4, 0.5) is 0 Å². The van der Waals surface area contributed by atoms with Crippen molar-refractivity contribution in [2.24, 2.45) is 11.8 Å². The summed E-state index contributed by atoms with van der Waals surface area (Å²) in [4.78, 5) is 40.7. The zero-order chi connectivity index (χ0) is 20.7. The van der Waals surface area contributed by atoms with Crippen molar-refractivity contribution in [3.63, 3.8) is 0 Å². The second-order valence-electron chi connectivity index (χ2n) is 8.40. The van der Waals surface area contributed by atoms with Crippen molar-refractivity contribution in [1.82, 2.24) is 10.2 Å². The van der Waals surface area contributed by atoms with Crippen molar-refractivity contribution in [3.05, 3.63) is 0 Å². The van der Waals surface area contributed by atoms with Crippen molar-refractivity contribution in [1.29, 1.82) is 0 Å². The van der Waals surface area contributed by atoms with Crippen molar-refractivity contribution >= 4 is 17.8 Å². The van der Waals surface area contributed by atoms with Gasteiger partial charge in [-0.3, -0.25) is 14.4 Å². The van der Waals surface area contributed by atoms with Crippen LogP contribution in [0, 0.1) is 11.8 Å². The Morgan fingerprint density at radius 1 is 1.39 bits per heavy atom. The van der Waals surface area contributed by atoms with Crippen LogP contribution in [-0.4, -0.2) is 70.8 Å². The topological polar surface area (TPSA) is 105 Å². The fourth-order valence-electron chi connectivity index (χ4n) is 5.30. The third kappa shape index (κ3) is 2.92. The summed E-state index contributed by atoms with van der Waals surface area (Å²) in [5.41, 5.74) is -1.87. The maximum absolute atomic E-state index is 13.4. The Morgan fingerprint density at radius 3 is 2.71 bits per heavy atom. The van der Waals surface area contributed by atoms with Gasteiger partial charge in [0.25, 0.3) is 0 Å². The third-order valence-corrected chi connectivity index (χ3v) is 6.57. The number of aliphatic hydroxyl groups excluding tert-OH is 1. The molecule has 0 aromatic heterocycles. The number of ether oxygens (including phenoxy) is 2. The minimum Gasteiger partial charge on any atom is -0.466 e. The number of rotatable bonds is 8. The number of unbranched alkanes of at least 4 members (excludes halogenated alkanes) is 1. The van der Waals surface area contributed by atoms with E-state index < -0.39 is 41.1 Å². The Morgan fingerprint density at radius 2 is 2.11 bits per heavy atom. The van der Waals surface area contributed by atoms with Crippen LogP contribution in [0.5, 0.6) is 0 Å². The van der Waals surface area contributed by atoms with Gasteiger partial charge in [-0.2, -0.15) is 0 Å². The first-order valence-electron chi connectivity index (χ1n) is 10.3. The van der Waals surface area contributed by atoms with E-state index in [0.29, 0.717) is 19.4 Å². The smallest absolute Gasteiger partial charge is 0.312 e. The van der Waals surface area contributed by atoms with E-state index in [0.717, 1.165) is 12.8 Å². The number of hydrogen-bond acceptors (Lipinski definition) is 6. The van der Waals surface area contributed by atoms with Gasteiger partial charge in [0.05, 0.1) is 30.8 Å². The monoisotopic (exact) mass is 396 g/mol. The number of nitrogens with zero attached hydrogens (tertiary/aromatic N) is 1. The normalized spacial score (nSPS) is 37.1. The van der Waals surface area contributed by atoms with Gasteiger partial charge in [0.15, 0.2) is 0 Å². The van der Waals surface area contributed by atoms with E-state index in [-0.39, 0.29) is 25.0 Å². The highest BCUT2D eigenvalue weighted by Gasteiger charge is 2.78. The van der Waals surface area contributed by atoms with Gasteiger partial charge >= 0.3 is 5.97 Å². The molecule has 3 heterocycles. The molecule has 3 aliphatic rings. The van der Waals surface area contributed by atoms with E-state index in [1.807, 2.05) is 13.8 Å². The third-order valence-electron chi connectivity index (χ3n) is 6.57. The summed E-state index contributed by atoms with van der Waals surface area (Å²) in [5.74, 6) is -2.54. The zero-order valence-electron chi connectivity index (χ0n) is 17.2. The minimum atomic E-state index is -1.05. The molecule has 0 aromatic carbocycles. The number of esters is 1. The van der Waals surface area contributed by atoms with Crippen LogP contribution >= 0.6 is 0 Å². The van der Waals surface area contributed by atoms with Gasteiger partial charge in [-0.1, -0.05) is 13.3 Å². The number of fused-ring (bicyclic) bond motifs is 1. The van der Waals surface area contributed by atoms with E-state index in [1.165, 1.54) is 4.90 Å². The minimum absolute atomic E-state index is 0.219. The van der Waals surface area contributed by atoms with Crippen molar-refractivity contribution in [2.75, 3.05) is 19.8 Å². The zero-order valence-corrected chi connectivity index (χ0v) is 17.2. The standard InChI is InChI=1S/C20H32N2O6/c1-5-7-10-21-16(24)15-20-9-8-19(4,28-20)14(18(26)27-6-2)13(20)17(25)22(15)12(3)11-23/h12-15,23H,5-11H2,1-4H3,(H,21,24)/t12-,13+,14-,15?,19+,20?/m1/s1. The largest absolute Gasteiger partial charge is 0.466 e. The molecule has 3 saturated heterocycles. The number of carbonyl (C=O) groups excluding carboxylic acids is 3. The summed E-state index contributed by atoms with van der Waals surface area (Å²) in [7, 11) is 0. The fourth-order valence-corrected chi connectivity index (χ4v) is 5.30. The van der Waals surface area contributed by atoms with Crippen LogP contribution in [0.2, 0.25) is 0 Å². The predicted octanol–water partition coefficient (Wildman–Crippen LogP) is 0.611. The molecule has 0 radical (unpaired) electrons. The maximum Gasteiger partial charge on any atom is 0.312 e. The van der Waals surface area contributed by atoms with E-state index in [2.05, 4.69) is 5.32 Å². The summed E-state index contributed by atoms with van der Waals surface area (Å²) >= 11 is 0. The first-order valence-corrected chi connectivity index (χ1v) is 10.3. The Bertz CT molecular complexity index is 655. The van der Waals surface area contributed by atoms with Crippen LogP contribution in [0.15, 0.2) is 0 Å². The quantitative estimate of drug-likeness (QED) is 0.460. The average molecular weight is 396 g/mol. The molecule has 158 valence electrons. The van der Waals surface area contributed by atoms with Crippen molar-refractivity contribution in [2.45, 2.75) is 76.7 Å². The molecule has 3 fully saturated rings. The van der Waals surface area contributed by atoms with E-state index >= 15 is 0 Å². The molecule has 3 aliphatic heterocycles. The maximum atomic E-state index is 13.4. The molecule has 28 heavy (non-hydrogen) atoms. The lowest BCUT2D eigenvalue weighted by Gasteiger charge is -2.35. The van der Waals surface area contributed by atoms with Crippen LogP contribution in [0.1, 0.15) is 53.4 Å². The summed E-state index contributed by atoms with van der Waals surface area (Å²) in [6, 6.07) is -1.40. The molecule has 2 bridgehead atoms. The SMILES string of the molecule is CCCCNC(=O)C1N([C@H](C)CO)C(=O)[C@@H]2[C@H](C(=O)OCC)[C@]3(C)CCC12O3. The Balaban J connectivity index is 2.00. The molecule has 8 nitrogen and oxygen atoms in total. The molecule has 0 aliphatic carbocycles. The lowest BCUT2D eigenvalue weighted by Crippen LogP contribution is -2.57. The molecule has 2 N–H and O–H groups in total. The van der Waals surface area contributed by atoms with E-state index in [9.17, 15) is 19.5 Å². The number of carbonyl (C=O) groups is 3. The van der Waals surface area contributed by atoms with Crippen LogP contribution in [0.3, 0.4) is 0 Å². The summed E-state index contributed by atoms with van der Waals surface area (Å²) in [6.07, 6.45) is 2.88. The molecular formula is C20H32N2O6. The molecule has 2 amide bonds. The first-order chi connectivity index (χ1) is 13.3. The molecule has 6 atom stereocenters. The van der Waals surface area contributed by atoms with Gasteiger partial charge in [-0.25, -0.2) is 0 Å². The van der Waals surface area contributed by atoms with E-state index in [4.69, 9.17) is 9.47 Å². The highest BCUT2D eigenvalue weighted by Crippen LogP contribution is 2.63. The highest BCUT2D eigenvalue weighted by atomic mass is 16.6. The molecule has 0 aromatic rings. The Hall–Kier alpha value is -1.67. The van der Waals surface area contributed by atoms with Gasteiger partial charge in [-0.05, 0) is 40.0 Å². The van der Waals surface area contributed by atoms with Crippen LogP contribution < -0.4 is 5.32 Å². The summed E-state index contributed by atoms with van der Waals surface area (Å²) < 4.78 is 11.6. The lowest BCUT2D eigenvalue weighted by molar-refractivity contribution is -0.160. The molecule has 1 spiro atoms. The molecule has 2 unspecified atom stereocenters. The molecule has 8 heteroatoms. The first kappa shape index (κ1) is 21.0. The van der Waals surface area contributed by atoms with Gasteiger partial charge < -0.3 is 24.8 Å². The molecular weight excluding hydrogens is 364 g/mol. The molecule has 3 rings (SSSR count). The van der Waals surface area contributed by atoms with Crippen molar-refractivity contribution in [3.8, 4) is 0 Å². The van der Waals surface area contributed by atoms with Crippen LogP contribution in [-0.2, 0) is 23.9 Å². The number of nitrogens with one attached hydrogen (secondary N) is 1. The second kappa shape index (κ2) is 7.63. The Labute approximate surface area is 165 Å². The second-order valence-corrected chi connectivity index (χ2v) is 8.40. The predicted molar refractivity (Wildman–Crippen MR) is 100 cm³/mol. The van der Waals surface area contributed by atoms with Gasteiger partial charge in [0.1, 0.15) is 17.6 Å². The summed E-state index contributed by atoms with van der Waals surface area (Å²) in [6.45, 7) is 7.76. The fraction of sp³-hybridized carbons (Fsp3) is 0.850. The van der Waals surface area contributed by atoms with Gasteiger partial charge in [-0.15, -0.1) is 0 Å². The van der Waals surface area contributed by atoms with Gasteiger partial charge in [0.2, 0.25) is 11.8 Å². The summed E-state index contributed by atoms with van der Waals surface area (Å²) in [5, 5.41) is 12.6. The van der Waals surface area contributed by atoms with Gasteiger partial charge in [0, 0.05) is 6.54 Å². The molecule has 0 saturated carbocycles. The van der Waals surface area contributed by atoms with E-state index in [1.54, 1.807) is 13.8 Å². The van der Waals surface area contributed by atoms with Crippen molar-refractivity contribution < 1.29 is 29.0 Å². The average Bonchev–Trinajstić information content (AvgIpc) is 3.22. The lowest BCUT2D eigenvalue weighted by atomic mass is 9.66. The van der Waals surface area contributed by atoms with Crippen LogP contribution in [0.25, 0.3) is 0 Å². The highest BCUT2D eigenvalue weighted by molar-refractivity contribution is 5.98. The Kier molecular flexibility index (Phi) is 5.74. The number of aliphatic hydroxyl groups is 1. The number of likely N-dealkylation sites (tertiary alicyclic amines) is 1. The number of amides is 2.